The Bertz CT molecular complexity index is 890. The van der Waals surface area contributed by atoms with E-state index in [0.29, 0.717) is 18.3 Å². The third-order valence-corrected chi connectivity index (χ3v) is 4.58. The molecule has 1 aromatic heterocycles. The summed E-state index contributed by atoms with van der Waals surface area (Å²) in [5, 5.41) is 7.02. The molecular formula is C20H20N4O2. The van der Waals surface area contributed by atoms with Gasteiger partial charge in [0.25, 0.3) is 0 Å². The molecule has 2 heterocycles. The third-order valence-electron chi connectivity index (χ3n) is 4.58. The second kappa shape index (κ2) is 7.00. The Kier molecular flexibility index (Phi) is 4.39. The number of amides is 2. The molecule has 1 saturated heterocycles. The van der Waals surface area contributed by atoms with E-state index in [0.717, 1.165) is 29.7 Å². The molecule has 132 valence electrons. The lowest BCUT2D eigenvalue weighted by Crippen LogP contribution is -2.34. The van der Waals surface area contributed by atoms with Gasteiger partial charge >= 0.3 is 6.03 Å². The van der Waals surface area contributed by atoms with Gasteiger partial charge in [-0.3, -0.25) is 0 Å². The summed E-state index contributed by atoms with van der Waals surface area (Å²) in [6.45, 7) is 2.69. The maximum absolute atomic E-state index is 12.7. The minimum absolute atomic E-state index is 0.143. The lowest BCUT2D eigenvalue weighted by molar-refractivity contribution is 0.193. The fourth-order valence-electron chi connectivity index (χ4n) is 3.17. The van der Waals surface area contributed by atoms with E-state index in [1.54, 1.807) is 4.90 Å². The van der Waals surface area contributed by atoms with Crippen molar-refractivity contribution >= 4 is 11.7 Å². The zero-order valence-corrected chi connectivity index (χ0v) is 14.6. The maximum Gasteiger partial charge on any atom is 0.322 e. The number of nitrogens with one attached hydrogen (secondary N) is 1. The highest BCUT2D eigenvalue weighted by atomic mass is 16.5. The SMILES string of the molecule is Cc1ccc(NC(=O)N2CCC[C@H]2c2nc(-c3ccccc3)no2)cc1. The van der Waals surface area contributed by atoms with E-state index in [1.165, 1.54) is 0 Å². The monoisotopic (exact) mass is 348 g/mol. The number of urea groups is 1. The topological polar surface area (TPSA) is 71.3 Å². The van der Waals surface area contributed by atoms with Gasteiger partial charge < -0.3 is 14.7 Å². The zero-order valence-electron chi connectivity index (χ0n) is 14.6. The van der Waals surface area contributed by atoms with E-state index in [4.69, 9.17) is 4.52 Å². The molecular weight excluding hydrogens is 328 g/mol. The molecule has 1 N–H and O–H groups in total. The predicted octanol–water partition coefficient (Wildman–Crippen LogP) is 4.41. The predicted molar refractivity (Wildman–Crippen MR) is 98.6 cm³/mol. The Morgan fingerprint density at radius 2 is 1.92 bits per heavy atom. The summed E-state index contributed by atoms with van der Waals surface area (Å²) in [6.07, 6.45) is 1.73. The molecule has 0 saturated carbocycles. The normalized spacial score (nSPS) is 16.7. The number of likely N-dealkylation sites (tertiary alicyclic amines) is 1. The Balaban J connectivity index is 1.50. The second-order valence-corrected chi connectivity index (χ2v) is 6.47. The van der Waals surface area contributed by atoms with Gasteiger partial charge in [-0.15, -0.1) is 0 Å². The van der Waals surface area contributed by atoms with Gasteiger partial charge in [-0.1, -0.05) is 53.2 Å². The zero-order chi connectivity index (χ0) is 17.9. The van der Waals surface area contributed by atoms with Crippen LogP contribution in [0, 0.1) is 6.92 Å². The molecule has 2 amide bonds. The molecule has 2 aromatic carbocycles. The second-order valence-electron chi connectivity index (χ2n) is 6.47. The Morgan fingerprint density at radius 3 is 2.69 bits per heavy atom. The molecule has 0 bridgehead atoms. The van der Waals surface area contributed by atoms with Crippen LogP contribution in [0.25, 0.3) is 11.4 Å². The van der Waals surface area contributed by atoms with E-state index in [1.807, 2.05) is 61.5 Å². The van der Waals surface area contributed by atoms with Crippen LogP contribution in [0.1, 0.15) is 30.3 Å². The molecule has 6 nitrogen and oxygen atoms in total. The summed E-state index contributed by atoms with van der Waals surface area (Å²) in [5.74, 6) is 1.03. The molecule has 26 heavy (non-hydrogen) atoms. The summed E-state index contributed by atoms with van der Waals surface area (Å²) in [7, 11) is 0. The molecule has 4 rings (SSSR count). The number of nitrogens with zero attached hydrogens (tertiary/aromatic N) is 3. The number of hydrogen-bond donors (Lipinski definition) is 1. The summed E-state index contributed by atoms with van der Waals surface area (Å²) in [5.41, 5.74) is 2.83. The van der Waals surface area contributed by atoms with Crippen molar-refractivity contribution in [3.8, 4) is 11.4 Å². The Morgan fingerprint density at radius 1 is 1.15 bits per heavy atom. The maximum atomic E-state index is 12.7. The average molecular weight is 348 g/mol. The number of carbonyl (C=O) groups excluding carboxylic acids is 1. The number of anilines is 1. The van der Waals surface area contributed by atoms with Crippen molar-refractivity contribution in [2.75, 3.05) is 11.9 Å². The first-order valence-electron chi connectivity index (χ1n) is 8.74. The molecule has 6 heteroatoms. The van der Waals surface area contributed by atoms with Crippen molar-refractivity contribution in [1.82, 2.24) is 15.0 Å². The number of carbonyl (C=O) groups is 1. The summed E-state index contributed by atoms with van der Waals surface area (Å²) in [4.78, 5) is 19.0. The minimum atomic E-state index is -0.189. The molecule has 0 spiro atoms. The van der Waals surface area contributed by atoms with E-state index in [9.17, 15) is 4.79 Å². The average Bonchev–Trinajstić information content (AvgIpc) is 3.33. The van der Waals surface area contributed by atoms with Crippen LogP contribution in [0.15, 0.2) is 59.1 Å². The number of rotatable bonds is 3. The molecule has 1 atom stereocenters. The summed E-state index contributed by atoms with van der Waals surface area (Å²) >= 11 is 0. The summed E-state index contributed by atoms with van der Waals surface area (Å²) < 4.78 is 5.47. The van der Waals surface area contributed by atoms with Crippen LogP contribution >= 0.6 is 0 Å². The van der Waals surface area contributed by atoms with Crippen molar-refractivity contribution in [2.45, 2.75) is 25.8 Å². The molecule has 1 fully saturated rings. The van der Waals surface area contributed by atoms with Gasteiger partial charge in [-0.05, 0) is 31.9 Å². The van der Waals surface area contributed by atoms with E-state index in [2.05, 4.69) is 15.5 Å². The van der Waals surface area contributed by atoms with Crippen molar-refractivity contribution in [3.63, 3.8) is 0 Å². The molecule has 1 aliphatic rings. The number of benzene rings is 2. The first-order valence-corrected chi connectivity index (χ1v) is 8.74. The molecule has 0 unspecified atom stereocenters. The van der Waals surface area contributed by atoms with Gasteiger partial charge in [-0.2, -0.15) is 4.98 Å². The first-order chi connectivity index (χ1) is 12.7. The van der Waals surface area contributed by atoms with Crippen LogP contribution in [0.5, 0.6) is 0 Å². The largest absolute Gasteiger partial charge is 0.337 e. The van der Waals surface area contributed by atoms with E-state index in [-0.39, 0.29) is 12.1 Å². The van der Waals surface area contributed by atoms with E-state index < -0.39 is 0 Å². The number of aromatic nitrogens is 2. The van der Waals surface area contributed by atoms with Crippen LogP contribution < -0.4 is 5.32 Å². The van der Waals surface area contributed by atoms with Crippen molar-refractivity contribution < 1.29 is 9.32 Å². The number of aryl methyl sites for hydroxylation is 1. The fraction of sp³-hybridized carbons (Fsp3) is 0.250. The van der Waals surface area contributed by atoms with Crippen LogP contribution in [0.4, 0.5) is 10.5 Å². The van der Waals surface area contributed by atoms with Crippen molar-refractivity contribution in [3.05, 3.63) is 66.1 Å². The minimum Gasteiger partial charge on any atom is -0.337 e. The van der Waals surface area contributed by atoms with E-state index >= 15 is 0 Å². The van der Waals surface area contributed by atoms with Gasteiger partial charge in [0.15, 0.2) is 0 Å². The van der Waals surface area contributed by atoms with Gasteiger partial charge in [-0.25, -0.2) is 4.79 Å². The smallest absolute Gasteiger partial charge is 0.322 e. The van der Waals surface area contributed by atoms with Crippen LogP contribution in [-0.2, 0) is 0 Å². The van der Waals surface area contributed by atoms with Crippen molar-refractivity contribution in [2.24, 2.45) is 0 Å². The lowest BCUT2D eigenvalue weighted by Gasteiger charge is -2.22. The highest BCUT2D eigenvalue weighted by Gasteiger charge is 2.34. The molecule has 0 radical (unpaired) electrons. The standard InChI is InChI=1S/C20H20N4O2/c1-14-9-11-16(12-10-14)21-20(25)24-13-5-8-17(24)19-22-18(23-26-19)15-6-3-2-4-7-15/h2-4,6-7,9-12,17H,5,8,13H2,1H3,(H,21,25)/t17-/m0/s1. The van der Waals surface area contributed by atoms with Gasteiger partial charge in [0, 0.05) is 17.8 Å². The molecule has 0 aliphatic carbocycles. The molecule has 1 aliphatic heterocycles. The lowest BCUT2D eigenvalue weighted by atomic mass is 10.2. The fourth-order valence-corrected chi connectivity index (χ4v) is 3.17. The van der Waals surface area contributed by atoms with Crippen LogP contribution in [0.2, 0.25) is 0 Å². The van der Waals surface area contributed by atoms with Gasteiger partial charge in [0.1, 0.15) is 6.04 Å². The quantitative estimate of drug-likeness (QED) is 0.761. The van der Waals surface area contributed by atoms with Gasteiger partial charge in [0.2, 0.25) is 11.7 Å². The van der Waals surface area contributed by atoms with Crippen LogP contribution in [0.3, 0.4) is 0 Å². The Hall–Kier alpha value is -3.15. The highest BCUT2D eigenvalue weighted by Crippen LogP contribution is 2.32. The summed E-state index contributed by atoms with van der Waals surface area (Å²) in [6, 6.07) is 17.1. The highest BCUT2D eigenvalue weighted by molar-refractivity contribution is 5.89. The molecule has 3 aromatic rings. The van der Waals surface area contributed by atoms with Crippen LogP contribution in [-0.4, -0.2) is 27.6 Å². The third kappa shape index (κ3) is 3.31. The first kappa shape index (κ1) is 16.3. The number of hydrogen-bond acceptors (Lipinski definition) is 4. The Labute approximate surface area is 151 Å². The van der Waals surface area contributed by atoms with Gasteiger partial charge in [0.05, 0.1) is 0 Å². The van der Waals surface area contributed by atoms with Crippen molar-refractivity contribution in [1.29, 1.82) is 0 Å².